The van der Waals surface area contributed by atoms with Gasteiger partial charge in [0.15, 0.2) is 0 Å². The molecule has 0 atom stereocenters. The molecule has 0 spiro atoms. The Morgan fingerprint density at radius 1 is 0.861 bits per heavy atom. The number of rotatable bonds is 6. The molecular weight excluding hydrogens is 479 g/mol. The number of alkyl halides is 3. The number of nitro benzene ring substituents is 1. The zero-order valence-corrected chi connectivity index (χ0v) is 18.2. The molecule has 0 unspecified atom stereocenters. The van der Waals surface area contributed by atoms with Gasteiger partial charge >= 0.3 is 6.18 Å². The van der Waals surface area contributed by atoms with Crippen molar-refractivity contribution in [1.29, 1.82) is 0 Å². The highest BCUT2D eigenvalue weighted by atomic mass is 19.4. The van der Waals surface area contributed by atoms with Crippen molar-refractivity contribution in [1.82, 2.24) is 9.78 Å². The van der Waals surface area contributed by atoms with Crippen LogP contribution >= 0.6 is 0 Å². The van der Waals surface area contributed by atoms with Crippen molar-refractivity contribution in [3.8, 4) is 5.69 Å². The van der Waals surface area contributed by atoms with Crippen LogP contribution in [-0.2, 0) is 6.18 Å². The lowest BCUT2D eigenvalue weighted by Gasteiger charge is -2.10. The van der Waals surface area contributed by atoms with Gasteiger partial charge < -0.3 is 10.6 Å². The first-order valence-electron chi connectivity index (χ1n) is 10.3. The van der Waals surface area contributed by atoms with Gasteiger partial charge in [-0.05, 0) is 48.5 Å². The summed E-state index contributed by atoms with van der Waals surface area (Å²) in [4.78, 5) is 35.5. The van der Waals surface area contributed by atoms with E-state index in [1.54, 1.807) is 6.07 Å². The van der Waals surface area contributed by atoms with E-state index in [1.807, 2.05) is 0 Å². The van der Waals surface area contributed by atoms with E-state index in [-0.39, 0.29) is 28.2 Å². The standard InChI is InChI=1S/C24H16F3N5O4/c25-24(26,27)17-4-2-6-19(12-17)30-22(33)15-3-1-5-18(11-15)29-23(34)16-13-28-31(14-16)20-7-9-21(10-8-20)32(35)36/h1-14H,(H,29,34)(H,30,33). The molecule has 0 aliphatic carbocycles. The van der Waals surface area contributed by atoms with Crippen LogP contribution in [-0.4, -0.2) is 26.5 Å². The van der Waals surface area contributed by atoms with Crippen molar-refractivity contribution in [2.24, 2.45) is 0 Å². The zero-order chi connectivity index (χ0) is 25.9. The number of nitrogens with one attached hydrogen (secondary N) is 2. The summed E-state index contributed by atoms with van der Waals surface area (Å²) >= 11 is 0. The minimum Gasteiger partial charge on any atom is -0.322 e. The fourth-order valence-corrected chi connectivity index (χ4v) is 3.23. The number of nitrogens with zero attached hydrogens (tertiary/aromatic N) is 3. The van der Waals surface area contributed by atoms with Crippen molar-refractivity contribution in [3.63, 3.8) is 0 Å². The number of hydrogen-bond donors (Lipinski definition) is 2. The van der Waals surface area contributed by atoms with E-state index < -0.39 is 28.5 Å². The van der Waals surface area contributed by atoms with Crippen LogP contribution in [0.2, 0.25) is 0 Å². The largest absolute Gasteiger partial charge is 0.416 e. The van der Waals surface area contributed by atoms with Crippen LogP contribution in [0.25, 0.3) is 5.69 Å². The van der Waals surface area contributed by atoms with Crippen LogP contribution in [0.4, 0.5) is 30.2 Å². The molecule has 0 radical (unpaired) electrons. The molecule has 0 saturated heterocycles. The fourth-order valence-electron chi connectivity index (χ4n) is 3.23. The maximum absolute atomic E-state index is 12.9. The molecule has 36 heavy (non-hydrogen) atoms. The predicted molar refractivity (Wildman–Crippen MR) is 124 cm³/mol. The van der Waals surface area contributed by atoms with E-state index in [0.29, 0.717) is 5.69 Å². The maximum Gasteiger partial charge on any atom is 0.416 e. The summed E-state index contributed by atoms with van der Waals surface area (Å²) in [5, 5.41) is 19.9. The first-order valence-corrected chi connectivity index (χ1v) is 10.3. The Balaban J connectivity index is 1.44. The number of halogens is 3. The van der Waals surface area contributed by atoms with Crippen LogP contribution in [0.15, 0.2) is 85.2 Å². The first kappa shape index (κ1) is 24.1. The number of nitro groups is 1. The monoisotopic (exact) mass is 495 g/mol. The number of anilines is 2. The molecule has 2 amide bonds. The molecule has 9 nitrogen and oxygen atoms in total. The SMILES string of the molecule is O=C(Nc1cccc(C(F)(F)F)c1)c1cccc(NC(=O)c2cnn(-c3ccc([N+](=O)[O-])cc3)c2)c1. The molecule has 4 rings (SSSR count). The Morgan fingerprint density at radius 2 is 1.47 bits per heavy atom. The second-order valence-corrected chi connectivity index (χ2v) is 7.51. The van der Waals surface area contributed by atoms with Crippen LogP contribution in [0, 0.1) is 10.1 Å². The minimum absolute atomic E-state index is 0.0251. The number of non-ortho nitro benzene ring substituents is 1. The molecule has 0 aliphatic heterocycles. The summed E-state index contributed by atoms with van der Waals surface area (Å²) in [5.74, 6) is -1.19. The summed E-state index contributed by atoms with van der Waals surface area (Å²) in [7, 11) is 0. The average molecular weight is 495 g/mol. The van der Waals surface area contributed by atoms with E-state index in [9.17, 15) is 32.9 Å². The topological polar surface area (TPSA) is 119 Å². The Labute approximate surface area is 201 Å². The Kier molecular flexibility index (Phi) is 6.50. The van der Waals surface area contributed by atoms with Gasteiger partial charge in [0, 0.05) is 35.3 Å². The molecule has 0 fully saturated rings. The summed E-state index contributed by atoms with van der Waals surface area (Å²) in [6, 6.07) is 15.7. The van der Waals surface area contributed by atoms with Gasteiger partial charge in [-0.3, -0.25) is 19.7 Å². The number of carbonyl (C=O) groups is 2. The van der Waals surface area contributed by atoms with Gasteiger partial charge in [0.25, 0.3) is 17.5 Å². The van der Waals surface area contributed by atoms with Crippen molar-refractivity contribution in [3.05, 3.63) is 112 Å². The maximum atomic E-state index is 12.9. The van der Waals surface area contributed by atoms with Crippen LogP contribution in [0.1, 0.15) is 26.3 Å². The Hall–Kier alpha value is -5.00. The Morgan fingerprint density at radius 3 is 2.11 bits per heavy atom. The molecule has 4 aromatic rings. The summed E-state index contributed by atoms with van der Waals surface area (Å²) in [6.07, 6.45) is -1.81. The van der Waals surface area contributed by atoms with Crippen LogP contribution < -0.4 is 10.6 Å². The van der Waals surface area contributed by atoms with Gasteiger partial charge in [-0.2, -0.15) is 18.3 Å². The zero-order valence-electron chi connectivity index (χ0n) is 18.2. The van der Waals surface area contributed by atoms with E-state index in [0.717, 1.165) is 12.1 Å². The lowest BCUT2D eigenvalue weighted by Crippen LogP contribution is -2.15. The average Bonchev–Trinajstić information content (AvgIpc) is 3.34. The van der Waals surface area contributed by atoms with Gasteiger partial charge in [-0.1, -0.05) is 12.1 Å². The van der Waals surface area contributed by atoms with E-state index in [1.165, 1.54) is 71.7 Å². The highest BCUT2D eigenvalue weighted by Crippen LogP contribution is 2.30. The van der Waals surface area contributed by atoms with Crippen molar-refractivity contribution in [2.45, 2.75) is 6.18 Å². The quantitative estimate of drug-likeness (QED) is 0.278. The molecular formula is C24H16F3N5O4. The van der Waals surface area contributed by atoms with E-state index in [4.69, 9.17) is 0 Å². The van der Waals surface area contributed by atoms with E-state index in [2.05, 4.69) is 15.7 Å². The molecule has 12 heteroatoms. The molecule has 2 N–H and O–H groups in total. The van der Waals surface area contributed by atoms with Gasteiger partial charge in [-0.15, -0.1) is 0 Å². The first-order chi connectivity index (χ1) is 17.1. The van der Waals surface area contributed by atoms with Gasteiger partial charge in [0.1, 0.15) is 0 Å². The number of aromatic nitrogens is 2. The second-order valence-electron chi connectivity index (χ2n) is 7.51. The van der Waals surface area contributed by atoms with Gasteiger partial charge in [0.2, 0.25) is 0 Å². The number of hydrogen-bond acceptors (Lipinski definition) is 5. The second kappa shape index (κ2) is 9.70. The third-order valence-electron chi connectivity index (χ3n) is 5.00. The molecule has 182 valence electrons. The van der Waals surface area contributed by atoms with Gasteiger partial charge in [0.05, 0.1) is 27.9 Å². The summed E-state index contributed by atoms with van der Waals surface area (Å²) < 4.78 is 40.1. The van der Waals surface area contributed by atoms with Crippen molar-refractivity contribution >= 4 is 28.9 Å². The number of benzene rings is 3. The minimum atomic E-state index is -4.54. The molecule has 0 bridgehead atoms. The highest BCUT2D eigenvalue weighted by Gasteiger charge is 2.30. The third-order valence-corrected chi connectivity index (χ3v) is 5.00. The third kappa shape index (κ3) is 5.55. The highest BCUT2D eigenvalue weighted by molar-refractivity contribution is 6.07. The smallest absolute Gasteiger partial charge is 0.322 e. The lowest BCUT2D eigenvalue weighted by molar-refractivity contribution is -0.384. The van der Waals surface area contributed by atoms with Crippen molar-refractivity contribution < 1.29 is 27.7 Å². The van der Waals surface area contributed by atoms with Gasteiger partial charge in [-0.25, -0.2) is 4.68 Å². The molecule has 3 aromatic carbocycles. The van der Waals surface area contributed by atoms with Crippen LogP contribution in [0.3, 0.4) is 0 Å². The fraction of sp³-hybridized carbons (Fsp3) is 0.0417. The summed E-state index contributed by atoms with van der Waals surface area (Å²) in [6.45, 7) is 0. The van der Waals surface area contributed by atoms with Crippen LogP contribution in [0.5, 0.6) is 0 Å². The predicted octanol–water partition coefficient (Wildman–Crippen LogP) is 5.30. The molecule has 0 aliphatic rings. The van der Waals surface area contributed by atoms with Crippen molar-refractivity contribution in [2.75, 3.05) is 10.6 Å². The summed E-state index contributed by atoms with van der Waals surface area (Å²) in [5.41, 5.74) is 0.0889. The Bertz CT molecular complexity index is 1450. The van der Waals surface area contributed by atoms with E-state index >= 15 is 0 Å². The lowest BCUT2D eigenvalue weighted by atomic mass is 10.1. The number of carbonyl (C=O) groups excluding carboxylic acids is 2. The normalized spacial score (nSPS) is 11.1. The molecule has 1 aromatic heterocycles. The number of amides is 2. The molecule has 0 saturated carbocycles. The molecule has 1 heterocycles.